The quantitative estimate of drug-likeness (QED) is 0.624. The summed E-state index contributed by atoms with van der Waals surface area (Å²) in [4.78, 5) is 22.7. The average molecular weight is 335 g/mol. The normalized spacial score (nSPS) is 13.4. The first-order valence-electron chi connectivity index (χ1n) is 7.88. The monoisotopic (exact) mass is 335 g/mol. The molecule has 1 aliphatic rings. The molecule has 0 saturated carbocycles. The van der Waals surface area contributed by atoms with Crippen molar-refractivity contribution < 1.29 is 19.4 Å². The maximum absolute atomic E-state index is 12.1. The van der Waals surface area contributed by atoms with Crippen molar-refractivity contribution in [3.05, 3.63) is 59.7 Å². The number of carboxylic acids is 1. The van der Waals surface area contributed by atoms with Gasteiger partial charge in [0.2, 0.25) is 0 Å². The second-order valence-electron chi connectivity index (χ2n) is 5.73. The van der Waals surface area contributed by atoms with Gasteiger partial charge < -0.3 is 9.84 Å². The summed E-state index contributed by atoms with van der Waals surface area (Å²) in [5, 5.41) is 11.1. The Hall–Kier alpha value is -3.10. The Morgan fingerprint density at radius 1 is 1.12 bits per heavy atom. The zero-order chi connectivity index (χ0) is 17.8. The lowest BCUT2D eigenvalue weighted by Gasteiger charge is -2.16. The number of nitrogens with one attached hydrogen (secondary N) is 1. The van der Waals surface area contributed by atoms with Crippen molar-refractivity contribution in [2.75, 3.05) is 13.2 Å². The molecule has 2 aromatic rings. The summed E-state index contributed by atoms with van der Waals surface area (Å²) in [5.74, 6) is 0.422. The minimum atomic E-state index is -1.09. The number of hydrogen-bond acceptors (Lipinski definition) is 4. The molecule has 5 nitrogen and oxygen atoms in total. The van der Waals surface area contributed by atoms with E-state index in [1.165, 1.54) is 0 Å². The Labute approximate surface area is 145 Å². The van der Waals surface area contributed by atoms with E-state index in [9.17, 15) is 9.59 Å². The van der Waals surface area contributed by atoms with Crippen LogP contribution in [-0.2, 0) is 14.3 Å². The SMILES string of the molecule is C#CC(NCC(=O)O)C(=O)OCC1c2ccccc2-c2ccccc21. The standard InChI is InChI=1S/C20H17NO4/c1-2-18(21-11-19(22)23)20(24)25-12-17-15-9-5-3-7-13(15)14-8-4-6-10-16(14)17/h1,3-10,17-18,21H,11-12H2,(H,22,23). The van der Waals surface area contributed by atoms with Gasteiger partial charge >= 0.3 is 11.9 Å². The van der Waals surface area contributed by atoms with E-state index in [0.29, 0.717) is 0 Å². The molecule has 0 aromatic heterocycles. The van der Waals surface area contributed by atoms with Gasteiger partial charge in [-0.3, -0.25) is 10.1 Å². The Balaban J connectivity index is 1.74. The van der Waals surface area contributed by atoms with Crippen molar-refractivity contribution in [2.24, 2.45) is 0 Å². The van der Waals surface area contributed by atoms with Gasteiger partial charge in [-0.15, -0.1) is 6.42 Å². The van der Waals surface area contributed by atoms with Gasteiger partial charge in [-0.1, -0.05) is 54.5 Å². The fraction of sp³-hybridized carbons (Fsp3) is 0.200. The van der Waals surface area contributed by atoms with E-state index >= 15 is 0 Å². The molecule has 0 bridgehead atoms. The minimum absolute atomic E-state index is 0.0609. The fourth-order valence-corrected chi connectivity index (χ4v) is 3.09. The fourth-order valence-electron chi connectivity index (χ4n) is 3.09. The van der Waals surface area contributed by atoms with E-state index in [2.05, 4.69) is 23.4 Å². The summed E-state index contributed by atoms with van der Waals surface area (Å²) in [6, 6.07) is 14.9. The number of carboxylic acid groups (broad SMARTS) is 1. The lowest BCUT2D eigenvalue weighted by atomic mass is 9.98. The van der Waals surface area contributed by atoms with Crippen molar-refractivity contribution in [1.29, 1.82) is 0 Å². The summed E-state index contributed by atoms with van der Waals surface area (Å²) >= 11 is 0. The van der Waals surface area contributed by atoms with Crippen LogP contribution in [0.4, 0.5) is 0 Å². The topological polar surface area (TPSA) is 75.6 Å². The van der Waals surface area contributed by atoms with Gasteiger partial charge in [-0.05, 0) is 22.3 Å². The first kappa shape index (κ1) is 16.7. The van der Waals surface area contributed by atoms with Crippen LogP contribution < -0.4 is 5.32 Å². The van der Waals surface area contributed by atoms with Gasteiger partial charge in [0.15, 0.2) is 6.04 Å². The largest absolute Gasteiger partial charge is 0.480 e. The van der Waals surface area contributed by atoms with Crippen molar-refractivity contribution in [3.8, 4) is 23.5 Å². The number of fused-ring (bicyclic) bond motifs is 3. The number of ether oxygens (including phenoxy) is 1. The Bertz CT molecular complexity index is 807. The molecule has 126 valence electrons. The first-order chi connectivity index (χ1) is 12.1. The van der Waals surface area contributed by atoms with Crippen LogP contribution in [-0.4, -0.2) is 36.2 Å². The zero-order valence-electron chi connectivity index (χ0n) is 13.4. The molecule has 5 heteroatoms. The lowest BCUT2D eigenvalue weighted by molar-refractivity contribution is -0.145. The highest BCUT2D eigenvalue weighted by Crippen LogP contribution is 2.44. The number of carbonyl (C=O) groups is 2. The van der Waals surface area contributed by atoms with Crippen LogP contribution in [0.25, 0.3) is 11.1 Å². The van der Waals surface area contributed by atoms with Gasteiger partial charge in [0, 0.05) is 5.92 Å². The molecule has 0 amide bonds. The van der Waals surface area contributed by atoms with E-state index < -0.39 is 24.5 Å². The van der Waals surface area contributed by atoms with E-state index in [-0.39, 0.29) is 12.5 Å². The highest BCUT2D eigenvalue weighted by Gasteiger charge is 2.29. The number of rotatable bonds is 6. The zero-order valence-corrected chi connectivity index (χ0v) is 13.4. The molecule has 2 N–H and O–H groups in total. The van der Waals surface area contributed by atoms with E-state index in [0.717, 1.165) is 22.3 Å². The molecule has 1 aliphatic carbocycles. The van der Waals surface area contributed by atoms with E-state index in [4.69, 9.17) is 16.3 Å². The predicted octanol–water partition coefficient (Wildman–Crippen LogP) is 2.02. The van der Waals surface area contributed by atoms with Crippen molar-refractivity contribution in [1.82, 2.24) is 5.32 Å². The summed E-state index contributed by atoms with van der Waals surface area (Å²) in [5.41, 5.74) is 4.48. The molecule has 0 fully saturated rings. The maximum Gasteiger partial charge on any atom is 0.335 e. The summed E-state index contributed by atoms with van der Waals surface area (Å²) in [7, 11) is 0. The molecule has 3 rings (SSSR count). The third-order valence-corrected chi connectivity index (χ3v) is 4.21. The molecule has 0 aliphatic heterocycles. The highest BCUT2D eigenvalue weighted by atomic mass is 16.5. The molecule has 0 radical (unpaired) electrons. The predicted molar refractivity (Wildman–Crippen MR) is 92.9 cm³/mol. The molecule has 2 aromatic carbocycles. The van der Waals surface area contributed by atoms with Crippen LogP contribution in [0.5, 0.6) is 0 Å². The molecule has 0 heterocycles. The van der Waals surface area contributed by atoms with Gasteiger partial charge in [-0.25, -0.2) is 4.79 Å². The van der Waals surface area contributed by atoms with E-state index in [1.807, 2.05) is 36.4 Å². The summed E-state index contributed by atoms with van der Waals surface area (Å²) in [6.45, 7) is -0.251. The van der Waals surface area contributed by atoms with Gasteiger partial charge in [0.25, 0.3) is 0 Å². The van der Waals surface area contributed by atoms with Crippen LogP contribution in [0, 0.1) is 12.3 Å². The highest BCUT2D eigenvalue weighted by molar-refractivity contribution is 5.81. The smallest absolute Gasteiger partial charge is 0.335 e. The number of terminal acetylenes is 1. The average Bonchev–Trinajstić information content (AvgIpc) is 2.94. The lowest BCUT2D eigenvalue weighted by Crippen LogP contribution is -2.40. The van der Waals surface area contributed by atoms with Gasteiger partial charge in [0.05, 0.1) is 6.54 Å². The van der Waals surface area contributed by atoms with Gasteiger partial charge in [0.1, 0.15) is 6.61 Å². The molecular weight excluding hydrogens is 318 g/mol. The molecule has 25 heavy (non-hydrogen) atoms. The third-order valence-electron chi connectivity index (χ3n) is 4.21. The number of benzene rings is 2. The summed E-state index contributed by atoms with van der Waals surface area (Å²) in [6.07, 6.45) is 5.29. The summed E-state index contributed by atoms with van der Waals surface area (Å²) < 4.78 is 5.39. The number of carbonyl (C=O) groups excluding carboxylic acids is 1. The molecular formula is C20H17NO4. The van der Waals surface area contributed by atoms with Gasteiger partial charge in [-0.2, -0.15) is 0 Å². The second-order valence-corrected chi connectivity index (χ2v) is 5.73. The van der Waals surface area contributed by atoms with Crippen molar-refractivity contribution >= 4 is 11.9 Å². The maximum atomic E-state index is 12.1. The minimum Gasteiger partial charge on any atom is -0.480 e. The molecule has 0 saturated heterocycles. The van der Waals surface area contributed by atoms with E-state index in [1.54, 1.807) is 0 Å². The Morgan fingerprint density at radius 2 is 1.68 bits per heavy atom. The van der Waals surface area contributed by atoms with Crippen molar-refractivity contribution in [3.63, 3.8) is 0 Å². The molecule has 1 atom stereocenters. The number of hydrogen-bond donors (Lipinski definition) is 2. The Morgan fingerprint density at radius 3 is 2.20 bits per heavy atom. The Kier molecular flexibility index (Phi) is 4.82. The van der Waals surface area contributed by atoms with Crippen molar-refractivity contribution in [2.45, 2.75) is 12.0 Å². The van der Waals surface area contributed by atoms with Crippen LogP contribution in [0.1, 0.15) is 17.0 Å². The molecule has 0 spiro atoms. The number of aliphatic carboxylic acids is 1. The van der Waals surface area contributed by atoms with Crippen LogP contribution in [0.15, 0.2) is 48.5 Å². The van der Waals surface area contributed by atoms with Crippen LogP contribution in [0.2, 0.25) is 0 Å². The first-order valence-corrected chi connectivity index (χ1v) is 7.88. The number of esters is 1. The third kappa shape index (κ3) is 3.39. The molecule has 1 unspecified atom stereocenters. The van der Waals surface area contributed by atoms with Crippen LogP contribution >= 0.6 is 0 Å². The second kappa shape index (κ2) is 7.20. The van der Waals surface area contributed by atoms with Crippen LogP contribution in [0.3, 0.4) is 0 Å².